The van der Waals surface area contributed by atoms with Gasteiger partial charge in [-0.3, -0.25) is 63.6 Å². The molecule has 2 saturated heterocycles. The van der Waals surface area contributed by atoms with Crippen molar-refractivity contribution in [3.05, 3.63) is 82.9 Å². The minimum Gasteiger partial charge on any atom is -0.508 e. The van der Waals surface area contributed by atoms with Crippen molar-refractivity contribution in [2.75, 3.05) is 25.0 Å². The van der Waals surface area contributed by atoms with E-state index in [1.807, 2.05) is 20.8 Å². The van der Waals surface area contributed by atoms with Crippen LogP contribution in [-0.4, -0.2) is 123 Å². The molecule has 8 rings (SSSR count). The molecule has 0 bridgehead atoms. The standard InChI is InChI=1S/C24H22F3N3O6.C17H12N2O5.C10H20BrNO2/c25-24(26,27)23(35)28-9-2-1-3-10-36-14-11-13-5-4-6-15-19(13)16(12-14)22(34)30(21(15)33)17-7-8-18(31)29-20(17)32;20-9-6-8-2-1-3-10-14(8)11(7-9)17(24)19(16(10)23)12-4-5-13(21)18-15(12)22;1-10(2,3)14-9(13)12-8-6-4-5-7-11/h4-6,11-12,17H,1-3,7-10H2,(H,28,35)(H,29,31,32);1-3,6-7,12,20H,4-5H2,(H,18,21,22);4-8H2,1-3H3,(H,12,13). The van der Waals surface area contributed by atoms with E-state index in [0.717, 1.165) is 34.4 Å². The van der Waals surface area contributed by atoms with Crippen molar-refractivity contribution < 1.29 is 75.7 Å². The van der Waals surface area contributed by atoms with Crippen molar-refractivity contribution in [2.24, 2.45) is 0 Å². The summed E-state index contributed by atoms with van der Waals surface area (Å²) in [6.07, 6.45) is -0.437. The molecule has 10 amide bonds. The molecular formula is C51H54BrF3N6O13. The Bertz CT molecular complexity index is 2910. The van der Waals surface area contributed by atoms with Crippen LogP contribution in [0.25, 0.3) is 21.5 Å². The molecule has 0 aromatic heterocycles. The van der Waals surface area contributed by atoms with Crippen molar-refractivity contribution in [3.63, 3.8) is 0 Å². The van der Waals surface area contributed by atoms with E-state index in [2.05, 4.69) is 31.9 Å². The van der Waals surface area contributed by atoms with Crippen LogP contribution in [0.5, 0.6) is 11.5 Å². The van der Waals surface area contributed by atoms with Gasteiger partial charge in [-0.1, -0.05) is 46.6 Å². The van der Waals surface area contributed by atoms with Crippen LogP contribution in [0.4, 0.5) is 18.0 Å². The molecule has 0 aliphatic carbocycles. The summed E-state index contributed by atoms with van der Waals surface area (Å²) in [5, 5.41) is 21.8. The molecule has 4 aliphatic rings. The van der Waals surface area contributed by atoms with E-state index >= 15 is 0 Å². The number of phenols is 1. The van der Waals surface area contributed by atoms with Crippen LogP contribution >= 0.6 is 15.9 Å². The lowest BCUT2D eigenvalue weighted by molar-refractivity contribution is -0.173. The van der Waals surface area contributed by atoms with Crippen LogP contribution < -0.4 is 26.0 Å². The molecule has 4 heterocycles. The van der Waals surface area contributed by atoms with Crippen LogP contribution in [-0.2, 0) is 28.7 Å². The van der Waals surface area contributed by atoms with Gasteiger partial charge in [-0.15, -0.1) is 0 Å². The predicted octanol–water partition coefficient (Wildman–Crippen LogP) is 6.49. The Labute approximate surface area is 430 Å². The second-order valence-corrected chi connectivity index (χ2v) is 19.3. The number of amides is 10. The van der Waals surface area contributed by atoms with E-state index in [9.17, 15) is 66.2 Å². The minimum atomic E-state index is -4.91. The number of alkyl carbamates (subject to hydrolysis) is 1. The predicted molar refractivity (Wildman–Crippen MR) is 263 cm³/mol. The van der Waals surface area contributed by atoms with Crippen molar-refractivity contribution in [1.29, 1.82) is 0 Å². The number of nitrogens with one attached hydrogen (secondary N) is 4. The third-order valence-electron chi connectivity index (χ3n) is 11.9. The number of ether oxygens (including phenoxy) is 2. The van der Waals surface area contributed by atoms with Crippen molar-refractivity contribution in [2.45, 2.75) is 109 Å². The van der Waals surface area contributed by atoms with E-state index < -0.39 is 77.0 Å². The van der Waals surface area contributed by atoms with Crippen molar-refractivity contribution >= 4 is 96.7 Å². The highest BCUT2D eigenvalue weighted by Gasteiger charge is 2.44. The topological polar surface area (TPSA) is 264 Å². The quantitative estimate of drug-likeness (QED) is 0.0514. The van der Waals surface area contributed by atoms with Gasteiger partial charge < -0.3 is 25.2 Å². The van der Waals surface area contributed by atoms with E-state index in [1.165, 1.54) is 18.2 Å². The monoisotopic (exact) mass is 1090 g/mol. The summed E-state index contributed by atoms with van der Waals surface area (Å²) >= 11 is 3.36. The Morgan fingerprint density at radius 2 is 1.15 bits per heavy atom. The molecule has 0 spiro atoms. The Hall–Kier alpha value is -7.43. The summed E-state index contributed by atoms with van der Waals surface area (Å²) in [5.74, 6) is -6.46. The number of imide groups is 4. The molecule has 0 saturated carbocycles. The number of alkyl halides is 4. The zero-order valence-corrected chi connectivity index (χ0v) is 42.2. The first-order valence-corrected chi connectivity index (χ1v) is 24.9. The first-order valence-electron chi connectivity index (χ1n) is 23.8. The van der Waals surface area contributed by atoms with E-state index in [0.29, 0.717) is 58.7 Å². The summed E-state index contributed by atoms with van der Waals surface area (Å²) in [6, 6.07) is 13.7. The highest BCUT2D eigenvalue weighted by Crippen LogP contribution is 2.37. The molecule has 2 unspecified atom stereocenters. The third-order valence-corrected chi connectivity index (χ3v) is 12.4. The fraction of sp³-hybridized carbons (Fsp3) is 0.412. The highest BCUT2D eigenvalue weighted by molar-refractivity contribution is 9.09. The van der Waals surface area contributed by atoms with Gasteiger partial charge in [0.15, 0.2) is 0 Å². The second-order valence-electron chi connectivity index (χ2n) is 18.5. The average Bonchev–Trinajstić information content (AvgIpc) is 3.32. The zero-order valence-electron chi connectivity index (χ0n) is 40.6. The van der Waals surface area contributed by atoms with E-state index in [1.54, 1.807) is 47.8 Å². The summed E-state index contributed by atoms with van der Waals surface area (Å²) in [6.45, 7) is 6.37. The number of carbonyl (C=O) groups excluding carboxylic acids is 10. The van der Waals surface area contributed by atoms with Gasteiger partial charge in [0, 0.05) is 53.2 Å². The lowest BCUT2D eigenvalue weighted by Crippen LogP contribution is -2.57. The number of nitrogens with zero attached hydrogens (tertiary/aromatic N) is 2. The largest absolute Gasteiger partial charge is 0.508 e. The summed E-state index contributed by atoms with van der Waals surface area (Å²) in [4.78, 5) is 123. The first-order chi connectivity index (χ1) is 35.0. The summed E-state index contributed by atoms with van der Waals surface area (Å²) in [7, 11) is 0. The van der Waals surface area contributed by atoms with Crippen LogP contribution in [0.2, 0.25) is 0 Å². The molecule has 23 heteroatoms. The number of halogens is 4. The molecule has 4 aromatic rings. The van der Waals surface area contributed by atoms with Crippen LogP contribution in [0.15, 0.2) is 60.7 Å². The fourth-order valence-corrected chi connectivity index (χ4v) is 8.91. The number of benzene rings is 4. The fourth-order valence-electron chi connectivity index (χ4n) is 8.51. The maximum Gasteiger partial charge on any atom is 0.471 e. The van der Waals surface area contributed by atoms with Gasteiger partial charge >= 0.3 is 18.2 Å². The normalized spacial score (nSPS) is 17.4. The van der Waals surface area contributed by atoms with Gasteiger partial charge in [0.05, 0.1) is 17.7 Å². The first kappa shape index (κ1) is 55.9. The van der Waals surface area contributed by atoms with Crippen LogP contribution in [0, 0.1) is 0 Å². The van der Waals surface area contributed by atoms with Gasteiger partial charge in [-0.25, -0.2) is 4.79 Å². The molecule has 4 aromatic carbocycles. The number of aromatic hydroxyl groups is 1. The Kier molecular flexibility index (Phi) is 18.2. The van der Waals surface area contributed by atoms with Gasteiger partial charge in [0.1, 0.15) is 29.2 Å². The molecule has 74 heavy (non-hydrogen) atoms. The number of hydrogen-bond acceptors (Lipinski definition) is 13. The Balaban J connectivity index is 0.000000201. The highest BCUT2D eigenvalue weighted by atomic mass is 79.9. The van der Waals surface area contributed by atoms with Crippen molar-refractivity contribution in [1.82, 2.24) is 31.1 Å². The molecule has 0 radical (unpaired) electrons. The Morgan fingerprint density at radius 3 is 1.65 bits per heavy atom. The molecule has 394 valence electrons. The Morgan fingerprint density at radius 1 is 0.662 bits per heavy atom. The summed E-state index contributed by atoms with van der Waals surface area (Å²) in [5.41, 5.74) is 0.521. The number of unbranched alkanes of at least 4 members (excludes halogenated alkanes) is 4. The number of rotatable bonds is 14. The van der Waals surface area contributed by atoms with E-state index in [-0.39, 0.29) is 67.4 Å². The molecule has 5 N–H and O–H groups in total. The summed E-state index contributed by atoms with van der Waals surface area (Å²) < 4.78 is 47.3. The van der Waals surface area contributed by atoms with Gasteiger partial charge in [-0.2, -0.15) is 13.2 Å². The number of hydrogen-bond donors (Lipinski definition) is 5. The van der Waals surface area contributed by atoms with Gasteiger partial charge in [0.25, 0.3) is 23.6 Å². The van der Waals surface area contributed by atoms with Crippen LogP contribution in [0.1, 0.15) is 126 Å². The molecule has 2 fully saturated rings. The SMILES string of the molecule is CC(C)(C)OC(=O)NCCCCCBr.O=C1CCC(N2C(=O)c3cccc4cc(O)cc(c34)C2=O)C(=O)N1.O=C1CCC(N2C(=O)c3cccc4cc(OCCCCCNC(=O)C(F)(F)F)cc(c34)C2=O)C(=O)N1. The smallest absolute Gasteiger partial charge is 0.471 e. The second kappa shape index (κ2) is 24.1. The molecule has 19 nitrogen and oxygen atoms in total. The average molecular weight is 1100 g/mol. The maximum absolute atomic E-state index is 13.3. The lowest BCUT2D eigenvalue weighted by Gasteiger charge is -2.34. The zero-order chi connectivity index (χ0) is 54.1. The minimum absolute atomic E-state index is 0.00750. The van der Waals surface area contributed by atoms with Gasteiger partial charge in [0.2, 0.25) is 23.6 Å². The number of piperidine rings is 2. The van der Waals surface area contributed by atoms with Crippen LogP contribution in [0.3, 0.4) is 0 Å². The molecular weight excluding hydrogens is 1040 g/mol. The van der Waals surface area contributed by atoms with E-state index in [4.69, 9.17) is 9.47 Å². The molecule has 4 aliphatic heterocycles. The third kappa shape index (κ3) is 13.6. The maximum atomic E-state index is 13.3. The molecule has 2 atom stereocenters. The number of carbonyl (C=O) groups is 10. The van der Waals surface area contributed by atoms with Gasteiger partial charge in [-0.05, 0) is 113 Å². The lowest BCUT2D eigenvalue weighted by atomic mass is 9.91. The number of phenolic OH excluding ortho intramolecular Hbond substituents is 1. The van der Waals surface area contributed by atoms with Crippen molar-refractivity contribution in [3.8, 4) is 11.5 Å².